The van der Waals surface area contributed by atoms with Gasteiger partial charge in [0, 0.05) is 11.1 Å². The average Bonchev–Trinajstić information content (AvgIpc) is 2.47. The first-order valence-corrected chi connectivity index (χ1v) is 6.99. The highest BCUT2D eigenvalue weighted by molar-refractivity contribution is 6.11. The van der Waals surface area contributed by atoms with Crippen LogP contribution in [0.5, 0.6) is 17.2 Å². The van der Waals surface area contributed by atoms with Gasteiger partial charge in [-0.15, -0.1) is 0 Å². The zero-order valence-corrected chi connectivity index (χ0v) is 13.2. The van der Waals surface area contributed by atoms with Crippen LogP contribution in [0.4, 0.5) is 0 Å². The molecular formula is C18H20O4. The first kappa shape index (κ1) is 15.9. The van der Waals surface area contributed by atoms with Gasteiger partial charge in [-0.3, -0.25) is 4.79 Å². The third-order valence-corrected chi connectivity index (χ3v) is 3.50. The third kappa shape index (κ3) is 3.06. The summed E-state index contributed by atoms with van der Waals surface area (Å²) in [5.74, 6) is 0.166. The lowest BCUT2D eigenvalue weighted by Crippen LogP contribution is -2.13. The molecule has 0 aromatic heterocycles. The van der Waals surface area contributed by atoms with E-state index in [4.69, 9.17) is 4.74 Å². The number of hydrogen-bond donors (Lipinski definition) is 2. The van der Waals surface area contributed by atoms with Crippen LogP contribution in [0.15, 0.2) is 36.4 Å². The molecule has 0 aliphatic heterocycles. The van der Waals surface area contributed by atoms with Crippen LogP contribution in [-0.4, -0.2) is 23.1 Å². The lowest BCUT2D eigenvalue weighted by atomic mass is 9.84. The quantitative estimate of drug-likeness (QED) is 0.671. The number of methoxy groups -OCH3 is 1. The van der Waals surface area contributed by atoms with Gasteiger partial charge in [0.15, 0.2) is 5.78 Å². The number of aromatic hydroxyl groups is 2. The predicted octanol–water partition coefficient (Wildman–Crippen LogP) is 3.63. The highest BCUT2D eigenvalue weighted by atomic mass is 16.5. The fraction of sp³-hybridized carbons (Fsp3) is 0.278. The van der Waals surface area contributed by atoms with E-state index in [-0.39, 0.29) is 22.8 Å². The molecule has 22 heavy (non-hydrogen) atoms. The minimum Gasteiger partial charge on any atom is -0.508 e. The summed E-state index contributed by atoms with van der Waals surface area (Å²) in [6, 6.07) is 9.38. The first-order chi connectivity index (χ1) is 10.2. The summed E-state index contributed by atoms with van der Waals surface area (Å²) in [5.41, 5.74) is 0.651. The molecule has 0 aliphatic carbocycles. The first-order valence-electron chi connectivity index (χ1n) is 6.99. The van der Waals surface area contributed by atoms with Crippen LogP contribution in [0.1, 0.15) is 42.3 Å². The third-order valence-electron chi connectivity index (χ3n) is 3.50. The topological polar surface area (TPSA) is 66.8 Å². The zero-order valence-electron chi connectivity index (χ0n) is 13.2. The molecule has 2 rings (SSSR count). The Morgan fingerprint density at radius 1 is 1.05 bits per heavy atom. The van der Waals surface area contributed by atoms with Crippen molar-refractivity contribution in [3.05, 3.63) is 53.1 Å². The predicted molar refractivity (Wildman–Crippen MR) is 84.9 cm³/mol. The van der Waals surface area contributed by atoms with Crippen LogP contribution in [-0.2, 0) is 5.41 Å². The molecule has 116 valence electrons. The number of ether oxygens (including phenoxy) is 1. The Morgan fingerprint density at radius 2 is 1.64 bits per heavy atom. The van der Waals surface area contributed by atoms with Crippen molar-refractivity contribution in [2.75, 3.05) is 7.11 Å². The van der Waals surface area contributed by atoms with E-state index in [0.29, 0.717) is 16.9 Å². The van der Waals surface area contributed by atoms with Gasteiger partial charge in [0.05, 0.1) is 12.7 Å². The summed E-state index contributed by atoms with van der Waals surface area (Å²) in [6.07, 6.45) is 0. The number of hydrogen-bond acceptors (Lipinski definition) is 4. The lowest BCUT2D eigenvalue weighted by Gasteiger charge is -2.22. The second-order valence-corrected chi connectivity index (χ2v) is 6.20. The molecule has 4 heteroatoms. The molecule has 2 N–H and O–H groups in total. The van der Waals surface area contributed by atoms with Gasteiger partial charge in [0.25, 0.3) is 0 Å². The van der Waals surface area contributed by atoms with Gasteiger partial charge < -0.3 is 14.9 Å². The van der Waals surface area contributed by atoms with Gasteiger partial charge in [-0.25, -0.2) is 0 Å². The summed E-state index contributed by atoms with van der Waals surface area (Å²) < 4.78 is 5.06. The highest BCUT2D eigenvalue weighted by Crippen LogP contribution is 2.37. The standard InChI is InChI=1S/C18H20O4/c1-18(2,3)15-10-12(19)9-14(17(15)21)16(20)11-5-7-13(22-4)8-6-11/h5-10,19,21H,1-4H3. The van der Waals surface area contributed by atoms with Crippen LogP contribution in [0, 0.1) is 0 Å². The van der Waals surface area contributed by atoms with Crippen LogP contribution in [0.2, 0.25) is 0 Å². The fourth-order valence-corrected chi connectivity index (χ4v) is 2.26. The molecule has 2 aromatic rings. The van der Waals surface area contributed by atoms with E-state index in [1.165, 1.54) is 12.1 Å². The normalized spacial score (nSPS) is 11.3. The number of ketones is 1. The largest absolute Gasteiger partial charge is 0.508 e. The Balaban J connectivity index is 2.51. The van der Waals surface area contributed by atoms with Crippen LogP contribution in [0.3, 0.4) is 0 Å². The second kappa shape index (κ2) is 5.72. The van der Waals surface area contributed by atoms with E-state index in [1.54, 1.807) is 31.4 Å². The number of phenols is 2. The van der Waals surface area contributed by atoms with Gasteiger partial charge in [-0.2, -0.15) is 0 Å². The summed E-state index contributed by atoms with van der Waals surface area (Å²) in [4.78, 5) is 12.6. The zero-order chi connectivity index (χ0) is 16.5. The maximum atomic E-state index is 12.6. The van der Waals surface area contributed by atoms with Gasteiger partial charge in [0.1, 0.15) is 17.2 Å². The minimum absolute atomic E-state index is 0.0420. The van der Waals surface area contributed by atoms with E-state index in [1.807, 2.05) is 20.8 Å². The molecule has 0 radical (unpaired) electrons. The van der Waals surface area contributed by atoms with E-state index >= 15 is 0 Å². The van der Waals surface area contributed by atoms with Crippen molar-refractivity contribution < 1.29 is 19.7 Å². The number of carbonyl (C=O) groups excluding carboxylic acids is 1. The molecule has 2 aromatic carbocycles. The van der Waals surface area contributed by atoms with Gasteiger partial charge in [-0.1, -0.05) is 20.8 Å². The molecule has 0 unspecified atom stereocenters. The van der Waals surface area contributed by atoms with Crippen molar-refractivity contribution in [2.24, 2.45) is 0 Å². The Hall–Kier alpha value is -2.49. The molecule has 0 fully saturated rings. The monoisotopic (exact) mass is 300 g/mol. The molecule has 0 saturated carbocycles. The molecule has 0 aliphatic rings. The lowest BCUT2D eigenvalue weighted by molar-refractivity contribution is 0.103. The van der Waals surface area contributed by atoms with Crippen molar-refractivity contribution in [3.8, 4) is 17.2 Å². The maximum Gasteiger partial charge on any atom is 0.196 e. The van der Waals surface area contributed by atoms with Crippen molar-refractivity contribution >= 4 is 5.78 Å². The molecule has 0 spiro atoms. The Morgan fingerprint density at radius 3 is 2.14 bits per heavy atom. The minimum atomic E-state index is -0.391. The Kier molecular flexibility index (Phi) is 4.13. The van der Waals surface area contributed by atoms with E-state index in [9.17, 15) is 15.0 Å². The fourth-order valence-electron chi connectivity index (χ4n) is 2.26. The Labute approximate surface area is 130 Å². The number of carbonyl (C=O) groups is 1. The molecule has 0 heterocycles. The second-order valence-electron chi connectivity index (χ2n) is 6.20. The van der Waals surface area contributed by atoms with Crippen molar-refractivity contribution in [3.63, 3.8) is 0 Å². The van der Waals surface area contributed by atoms with E-state index < -0.39 is 5.41 Å². The molecule has 0 atom stereocenters. The molecule has 0 saturated heterocycles. The van der Waals surface area contributed by atoms with E-state index in [0.717, 1.165) is 0 Å². The molecular weight excluding hydrogens is 280 g/mol. The number of benzene rings is 2. The van der Waals surface area contributed by atoms with Crippen molar-refractivity contribution in [1.82, 2.24) is 0 Å². The average molecular weight is 300 g/mol. The Bertz CT molecular complexity index is 694. The van der Waals surface area contributed by atoms with Crippen molar-refractivity contribution in [2.45, 2.75) is 26.2 Å². The van der Waals surface area contributed by atoms with Gasteiger partial charge >= 0.3 is 0 Å². The van der Waals surface area contributed by atoms with Gasteiger partial charge in [-0.05, 0) is 41.8 Å². The molecule has 0 amide bonds. The highest BCUT2D eigenvalue weighted by Gasteiger charge is 2.24. The summed E-state index contributed by atoms with van der Waals surface area (Å²) in [5, 5.41) is 20.3. The van der Waals surface area contributed by atoms with Crippen LogP contribution < -0.4 is 4.74 Å². The maximum absolute atomic E-state index is 12.6. The van der Waals surface area contributed by atoms with Crippen molar-refractivity contribution in [1.29, 1.82) is 0 Å². The summed E-state index contributed by atoms with van der Waals surface area (Å²) in [6.45, 7) is 5.72. The van der Waals surface area contributed by atoms with E-state index in [2.05, 4.69) is 0 Å². The number of phenolic OH excluding ortho intramolecular Hbond substituents is 2. The number of rotatable bonds is 3. The van der Waals surface area contributed by atoms with Crippen LogP contribution in [0.25, 0.3) is 0 Å². The smallest absolute Gasteiger partial charge is 0.196 e. The van der Waals surface area contributed by atoms with Gasteiger partial charge in [0.2, 0.25) is 0 Å². The molecule has 4 nitrogen and oxygen atoms in total. The van der Waals surface area contributed by atoms with Crippen LogP contribution >= 0.6 is 0 Å². The SMILES string of the molecule is COc1ccc(C(=O)c2cc(O)cc(C(C)(C)C)c2O)cc1. The summed E-state index contributed by atoms with van der Waals surface area (Å²) >= 11 is 0. The summed E-state index contributed by atoms with van der Waals surface area (Å²) in [7, 11) is 1.55. The molecule has 0 bridgehead atoms.